The van der Waals surface area contributed by atoms with Gasteiger partial charge in [-0.2, -0.15) is 0 Å². The lowest BCUT2D eigenvalue weighted by Gasteiger charge is -2.34. The number of nitrogens with zero attached hydrogens (tertiary/aromatic N) is 1. The quantitative estimate of drug-likeness (QED) is 0.857. The average molecular weight is 310 g/mol. The van der Waals surface area contributed by atoms with Crippen LogP contribution in [0.2, 0.25) is 5.02 Å². The molecule has 1 aromatic carbocycles. The van der Waals surface area contributed by atoms with E-state index in [9.17, 15) is 0 Å². The molecule has 2 saturated heterocycles. The highest BCUT2D eigenvalue weighted by Gasteiger charge is 2.26. The van der Waals surface area contributed by atoms with Gasteiger partial charge in [0.2, 0.25) is 0 Å². The Labute approximate surface area is 132 Å². The minimum atomic E-state index is 0.523. The Kier molecular flexibility index (Phi) is 5.53. The third-order valence-corrected chi connectivity index (χ3v) is 4.91. The first-order valence-electron chi connectivity index (χ1n) is 7.96. The fraction of sp³-hybridized carbons (Fsp3) is 0.647. The van der Waals surface area contributed by atoms with Gasteiger partial charge in [-0.25, -0.2) is 0 Å². The number of rotatable bonds is 3. The Morgan fingerprint density at radius 2 is 1.90 bits per heavy atom. The van der Waals surface area contributed by atoms with Crippen molar-refractivity contribution < 1.29 is 9.47 Å². The average Bonchev–Trinajstić information content (AvgIpc) is 2.76. The van der Waals surface area contributed by atoms with Crippen LogP contribution < -0.4 is 0 Å². The molecular weight excluding hydrogens is 286 g/mol. The van der Waals surface area contributed by atoms with Gasteiger partial charge in [0.15, 0.2) is 0 Å². The molecule has 0 bridgehead atoms. The Bertz CT molecular complexity index is 448. The fourth-order valence-corrected chi connectivity index (χ4v) is 3.60. The number of hydrogen-bond donors (Lipinski definition) is 0. The predicted octanol–water partition coefficient (Wildman–Crippen LogP) is 3.01. The van der Waals surface area contributed by atoms with Crippen LogP contribution in [0, 0.1) is 5.92 Å². The number of halogens is 1. The van der Waals surface area contributed by atoms with E-state index in [0.717, 1.165) is 63.8 Å². The summed E-state index contributed by atoms with van der Waals surface area (Å²) >= 11 is 6.30. The SMILES string of the molecule is Clc1ccccc1C[C@H]1COCCN(C2CCOCC2)C1. The lowest BCUT2D eigenvalue weighted by atomic mass is 9.98. The second kappa shape index (κ2) is 7.59. The van der Waals surface area contributed by atoms with E-state index in [1.165, 1.54) is 5.56 Å². The molecule has 116 valence electrons. The largest absolute Gasteiger partial charge is 0.381 e. The third kappa shape index (κ3) is 4.19. The van der Waals surface area contributed by atoms with Crippen LogP contribution in [0.15, 0.2) is 24.3 Å². The molecule has 0 amide bonds. The zero-order valence-corrected chi connectivity index (χ0v) is 13.2. The first-order valence-corrected chi connectivity index (χ1v) is 8.33. The molecule has 0 N–H and O–H groups in total. The van der Waals surface area contributed by atoms with Crippen molar-refractivity contribution >= 4 is 11.6 Å². The Hall–Kier alpha value is -0.610. The molecule has 1 atom stereocenters. The van der Waals surface area contributed by atoms with Crippen LogP contribution in [0.25, 0.3) is 0 Å². The summed E-state index contributed by atoms with van der Waals surface area (Å²) in [5.74, 6) is 0.523. The molecule has 1 aromatic rings. The fourth-order valence-electron chi connectivity index (χ4n) is 3.39. The molecule has 3 rings (SSSR count). The molecule has 0 spiro atoms. The van der Waals surface area contributed by atoms with Crippen LogP contribution >= 0.6 is 11.6 Å². The summed E-state index contributed by atoms with van der Waals surface area (Å²) in [7, 11) is 0. The summed E-state index contributed by atoms with van der Waals surface area (Å²) in [5.41, 5.74) is 1.24. The van der Waals surface area contributed by atoms with Gasteiger partial charge in [-0.15, -0.1) is 0 Å². The highest BCUT2D eigenvalue weighted by atomic mass is 35.5. The van der Waals surface area contributed by atoms with Crippen LogP contribution in [0.5, 0.6) is 0 Å². The summed E-state index contributed by atoms with van der Waals surface area (Å²) in [6.45, 7) is 5.63. The maximum Gasteiger partial charge on any atom is 0.0593 e. The van der Waals surface area contributed by atoms with Crippen LogP contribution in [0.1, 0.15) is 18.4 Å². The number of benzene rings is 1. The van der Waals surface area contributed by atoms with Crippen molar-refractivity contribution in [2.45, 2.75) is 25.3 Å². The molecule has 21 heavy (non-hydrogen) atoms. The van der Waals surface area contributed by atoms with Gasteiger partial charge >= 0.3 is 0 Å². The van der Waals surface area contributed by atoms with Gasteiger partial charge < -0.3 is 9.47 Å². The maximum atomic E-state index is 6.30. The van der Waals surface area contributed by atoms with Crippen LogP contribution in [-0.2, 0) is 15.9 Å². The van der Waals surface area contributed by atoms with Gasteiger partial charge in [0.1, 0.15) is 0 Å². The summed E-state index contributed by atoms with van der Waals surface area (Å²) < 4.78 is 11.3. The Balaban J connectivity index is 1.63. The molecule has 0 radical (unpaired) electrons. The van der Waals surface area contributed by atoms with Crippen molar-refractivity contribution in [3.63, 3.8) is 0 Å². The minimum Gasteiger partial charge on any atom is -0.381 e. The van der Waals surface area contributed by atoms with Gasteiger partial charge in [-0.05, 0) is 36.8 Å². The Morgan fingerprint density at radius 1 is 1.10 bits per heavy atom. The molecule has 2 aliphatic heterocycles. The van der Waals surface area contributed by atoms with E-state index in [1.54, 1.807) is 0 Å². The standard InChI is InChI=1S/C17H24ClNO2/c18-17-4-2-1-3-15(17)11-14-12-19(7-10-21-13-14)16-5-8-20-9-6-16/h1-4,14,16H,5-13H2/t14-/m1/s1. The van der Waals surface area contributed by atoms with E-state index in [4.69, 9.17) is 21.1 Å². The minimum absolute atomic E-state index is 0.523. The van der Waals surface area contributed by atoms with Gasteiger partial charge in [0.05, 0.1) is 13.2 Å². The van der Waals surface area contributed by atoms with Crippen molar-refractivity contribution in [2.24, 2.45) is 5.92 Å². The van der Waals surface area contributed by atoms with E-state index >= 15 is 0 Å². The number of ether oxygens (including phenoxy) is 2. The lowest BCUT2D eigenvalue weighted by molar-refractivity contribution is 0.0308. The normalized spacial score (nSPS) is 25.7. The van der Waals surface area contributed by atoms with E-state index in [2.05, 4.69) is 17.0 Å². The molecule has 0 aromatic heterocycles. The predicted molar refractivity (Wildman–Crippen MR) is 84.9 cm³/mol. The summed E-state index contributed by atoms with van der Waals surface area (Å²) in [4.78, 5) is 2.61. The molecular formula is C17H24ClNO2. The first-order chi connectivity index (χ1) is 10.3. The van der Waals surface area contributed by atoms with Crippen molar-refractivity contribution in [2.75, 3.05) is 39.5 Å². The van der Waals surface area contributed by atoms with Crippen molar-refractivity contribution in [3.8, 4) is 0 Å². The van der Waals surface area contributed by atoms with Gasteiger partial charge in [-0.1, -0.05) is 29.8 Å². The molecule has 2 fully saturated rings. The monoisotopic (exact) mass is 309 g/mol. The second-order valence-electron chi connectivity index (χ2n) is 6.07. The lowest BCUT2D eigenvalue weighted by Crippen LogP contribution is -2.42. The summed E-state index contributed by atoms with van der Waals surface area (Å²) in [6.07, 6.45) is 3.30. The maximum absolute atomic E-state index is 6.30. The van der Waals surface area contributed by atoms with Crippen molar-refractivity contribution in [3.05, 3.63) is 34.9 Å². The molecule has 3 nitrogen and oxygen atoms in total. The molecule has 4 heteroatoms. The zero-order chi connectivity index (χ0) is 14.5. The van der Waals surface area contributed by atoms with E-state index in [1.807, 2.05) is 12.1 Å². The van der Waals surface area contributed by atoms with Gasteiger partial charge in [-0.3, -0.25) is 4.90 Å². The topological polar surface area (TPSA) is 21.7 Å². The zero-order valence-electron chi connectivity index (χ0n) is 12.5. The highest BCUT2D eigenvalue weighted by Crippen LogP contribution is 2.23. The Morgan fingerprint density at radius 3 is 2.71 bits per heavy atom. The van der Waals surface area contributed by atoms with E-state index in [-0.39, 0.29) is 0 Å². The second-order valence-corrected chi connectivity index (χ2v) is 6.48. The molecule has 2 heterocycles. The molecule has 0 unspecified atom stereocenters. The molecule has 2 aliphatic rings. The van der Waals surface area contributed by atoms with Gasteiger partial charge in [0, 0.05) is 37.4 Å². The third-order valence-electron chi connectivity index (χ3n) is 4.54. The van der Waals surface area contributed by atoms with Crippen molar-refractivity contribution in [1.29, 1.82) is 0 Å². The van der Waals surface area contributed by atoms with Gasteiger partial charge in [0.25, 0.3) is 0 Å². The molecule has 0 saturated carbocycles. The van der Waals surface area contributed by atoms with Crippen molar-refractivity contribution in [1.82, 2.24) is 4.90 Å². The highest BCUT2D eigenvalue weighted by molar-refractivity contribution is 6.31. The summed E-state index contributed by atoms with van der Waals surface area (Å²) in [5, 5.41) is 0.874. The van der Waals surface area contributed by atoms with E-state index < -0.39 is 0 Å². The first kappa shape index (κ1) is 15.3. The van der Waals surface area contributed by atoms with E-state index in [0.29, 0.717) is 12.0 Å². The number of hydrogen-bond acceptors (Lipinski definition) is 3. The van der Waals surface area contributed by atoms with Crippen LogP contribution in [-0.4, -0.2) is 50.5 Å². The summed E-state index contributed by atoms with van der Waals surface area (Å²) in [6, 6.07) is 8.82. The molecule has 0 aliphatic carbocycles. The van der Waals surface area contributed by atoms with Crippen LogP contribution in [0.4, 0.5) is 0 Å². The smallest absolute Gasteiger partial charge is 0.0593 e. The van der Waals surface area contributed by atoms with Crippen LogP contribution in [0.3, 0.4) is 0 Å².